The molecule has 3 aromatic carbocycles. The molecule has 156 valence electrons. The lowest BCUT2D eigenvalue weighted by Crippen LogP contribution is -2.26. The van der Waals surface area contributed by atoms with E-state index in [1.807, 2.05) is 17.0 Å². The summed E-state index contributed by atoms with van der Waals surface area (Å²) in [6.45, 7) is 5.70. The fourth-order valence-corrected chi connectivity index (χ4v) is 4.85. The van der Waals surface area contributed by atoms with Gasteiger partial charge in [0.1, 0.15) is 5.82 Å². The van der Waals surface area contributed by atoms with Gasteiger partial charge in [0.05, 0.1) is 11.0 Å². The van der Waals surface area contributed by atoms with Gasteiger partial charge in [-0.15, -0.1) is 0 Å². The summed E-state index contributed by atoms with van der Waals surface area (Å²) in [7, 11) is 0. The van der Waals surface area contributed by atoms with Crippen LogP contribution in [0.2, 0.25) is 0 Å². The van der Waals surface area contributed by atoms with Crippen LogP contribution in [0, 0.1) is 13.8 Å². The molecule has 0 bridgehead atoms. The van der Waals surface area contributed by atoms with Crippen LogP contribution in [0.25, 0.3) is 11.0 Å². The number of aryl methyl sites for hydroxylation is 4. The number of aromatic nitrogens is 2. The third-order valence-corrected chi connectivity index (χ3v) is 6.35. The van der Waals surface area contributed by atoms with Crippen LogP contribution in [0.15, 0.2) is 72.8 Å². The van der Waals surface area contributed by atoms with E-state index in [-0.39, 0.29) is 11.8 Å². The molecule has 4 heteroatoms. The highest BCUT2D eigenvalue weighted by molar-refractivity contribution is 5.98. The number of nitrogens with zero attached hydrogens (tertiary/aromatic N) is 3. The molecule has 0 radical (unpaired) electrons. The molecule has 31 heavy (non-hydrogen) atoms. The number of rotatable bonds is 5. The molecule has 2 heterocycles. The van der Waals surface area contributed by atoms with Crippen molar-refractivity contribution in [3.63, 3.8) is 0 Å². The van der Waals surface area contributed by atoms with Crippen LogP contribution in [0.4, 0.5) is 5.69 Å². The molecule has 0 aliphatic carbocycles. The van der Waals surface area contributed by atoms with E-state index in [1.54, 1.807) is 0 Å². The van der Waals surface area contributed by atoms with Gasteiger partial charge in [-0.3, -0.25) is 4.79 Å². The molecular weight excluding hydrogens is 382 g/mol. The number of amides is 1. The maximum Gasteiger partial charge on any atom is 0.227 e. The molecule has 0 unspecified atom stereocenters. The van der Waals surface area contributed by atoms with Crippen LogP contribution in [-0.4, -0.2) is 22.0 Å². The molecule has 0 spiro atoms. The summed E-state index contributed by atoms with van der Waals surface area (Å²) in [5.74, 6) is 1.30. The minimum atomic E-state index is 0.0923. The van der Waals surface area contributed by atoms with Gasteiger partial charge in [0.2, 0.25) is 5.91 Å². The summed E-state index contributed by atoms with van der Waals surface area (Å²) in [6, 6.07) is 25.1. The van der Waals surface area contributed by atoms with Crippen LogP contribution in [-0.2, 0) is 17.8 Å². The Bertz CT molecular complexity index is 1220. The quantitative estimate of drug-likeness (QED) is 0.442. The summed E-state index contributed by atoms with van der Waals surface area (Å²) in [4.78, 5) is 20.0. The number of carbonyl (C=O) groups excluding carboxylic acids is 1. The number of fused-ring (bicyclic) bond motifs is 1. The Morgan fingerprint density at radius 3 is 2.39 bits per heavy atom. The second kappa shape index (κ2) is 8.03. The van der Waals surface area contributed by atoms with Gasteiger partial charge in [0, 0.05) is 31.1 Å². The molecule has 1 amide bonds. The number of anilines is 1. The van der Waals surface area contributed by atoms with E-state index in [0.29, 0.717) is 13.0 Å². The van der Waals surface area contributed by atoms with Gasteiger partial charge in [-0.25, -0.2) is 4.98 Å². The summed E-state index contributed by atoms with van der Waals surface area (Å²) in [6.07, 6.45) is 1.44. The summed E-state index contributed by atoms with van der Waals surface area (Å²) in [5.41, 5.74) is 6.81. The third-order valence-electron chi connectivity index (χ3n) is 6.35. The average Bonchev–Trinajstić information content (AvgIpc) is 3.33. The Morgan fingerprint density at radius 2 is 1.61 bits per heavy atom. The lowest BCUT2D eigenvalue weighted by molar-refractivity contribution is -0.117. The highest BCUT2D eigenvalue weighted by Crippen LogP contribution is 2.36. The Morgan fingerprint density at radius 1 is 0.903 bits per heavy atom. The van der Waals surface area contributed by atoms with E-state index in [1.165, 1.54) is 5.56 Å². The van der Waals surface area contributed by atoms with Gasteiger partial charge < -0.3 is 9.47 Å². The maximum atomic E-state index is 13.1. The molecular formula is C27H27N3O. The zero-order chi connectivity index (χ0) is 21.4. The van der Waals surface area contributed by atoms with Gasteiger partial charge in [-0.05, 0) is 49.1 Å². The Balaban J connectivity index is 1.49. The predicted molar refractivity (Wildman–Crippen MR) is 126 cm³/mol. The van der Waals surface area contributed by atoms with Gasteiger partial charge in [-0.1, -0.05) is 60.7 Å². The second-order valence-corrected chi connectivity index (χ2v) is 8.49. The van der Waals surface area contributed by atoms with Crippen molar-refractivity contribution in [3.8, 4) is 0 Å². The monoisotopic (exact) mass is 409 g/mol. The molecule has 1 atom stereocenters. The first kappa shape index (κ1) is 19.6. The van der Waals surface area contributed by atoms with Gasteiger partial charge in [0.25, 0.3) is 0 Å². The van der Waals surface area contributed by atoms with E-state index in [2.05, 4.69) is 79.1 Å². The van der Waals surface area contributed by atoms with Crippen molar-refractivity contribution in [2.24, 2.45) is 0 Å². The maximum absolute atomic E-state index is 13.1. The summed E-state index contributed by atoms with van der Waals surface area (Å²) >= 11 is 0. The minimum Gasteiger partial charge on any atom is -0.327 e. The average molecular weight is 410 g/mol. The SMILES string of the molecule is Cc1cccc(C)c1N1C[C@H](c2nc3ccccc3n2CCc2ccccc2)CC1=O. The number of carbonyl (C=O) groups is 1. The van der Waals surface area contributed by atoms with Gasteiger partial charge in [-0.2, -0.15) is 0 Å². The van der Waals surface area contributed by atoms with Gasteiger partial charge in [0.15, 0.2) is 0 Å². The highest BCUT2D eigenvalue weighted by Gasteiger charge is 2.35. The second-order valence-electron chi connectivity index (χ2n) is 8.49. The molecule has 1 aliphatic rings. The zero-order valence-electron chi connectivity index (χ0n) is 18.1. The van der Waals surface area contributed by atoms with E-state index < -0.39 is 0 Å². The molecule has 1 saturated heterocycles. The van der Waals surface area contributed by atoms with E-state index in [0.717, 1.165) is 46.6 Å². The van der Waals surface area contributed by atoms with Gasteiger partial charge >= 0.3 is 0 Å². The number of hydrogen-bond donors (Lipinski definition) is 0. The number of hydrogen-bond acceptors (Lipinski definition) is 2. The zero-order valence-corrected chi connectivity index (χ0v) is 18.1. The third kappa shape index (κ3) is 3.63. The molecule has 5 rings (SSSR count). The predicted octanol–water partition coefficient (Wildman–Crippen LogP) is 5.42. The van der Waals surface area contributed by atoms with Crippen molar-refractivity contribution >= 4 is 22.6 Å². The van der Waals surface area contributed by atoms with E-state index in [4.69, 9.17) is 4.98 Å². The van der Waals surface area contributed by atoms with Crippen molar-refractivity contribution in [2.75, 3.05) is 11.4 Å². The molecule has 4 nitrogen and oxygen atoms in total. The first-order chi connectivity index (χ1) is 15.1. The topological polar surface area (TPSA) is 38.1 Å². The number of benzene rings is 3. The van der Waals surface area contributed by atoms with Crippen LogP contribution >= 0.6 is 0 Å². The van der Waals surface area contributed by atoms with Crippen LogP contribution in [0.3, 0.4) is 0 Å². The van der Waals surface area contributed by atoms with Crippen molar-refractivity contribution in [1.82, 2.24) is 9.55 Å². The lowest BCUT2D eigenvalue weighted by atomic mass is 10.1. The van der Waals surface area contributed by atoms with Crippen molar-refractivity contribution in [1.29, 1.82) is 0 Å². The standard InChI is InChI=1S/C27H27N3O/c1-19-9-8-10-20(2)26(19)30-18-22(17-25(30)31)27-28-23-13-6-7-14-24(23)29(27)16-15-21-11-4-3-5-12-21/h3-14,22H,15-18H2,1-2H3/t22-/m1/s1. The van der Waals surface area contributed by atoms with Crippen molar-refractivity contribution in [3.05, 3.63) is 95.3 Å². The Kier molecular flexibility index (Phi) is 5.06. The summed E-state index contributed by atoms with van der Waals surface area (Å²) < 4.78 is 2.33. The first-order valence-corrected chi connectivity index (χ1v) is 11.0. The first-order valence-electron chi connectivity index (χ1n) is 11.0. The smallest absolute Gasteiger partial charge is 0.227 e. The number of para-hydroxylation sites is 3. The molecule has 1 aliphatic heterocycles. The molecule has 0 N–H and O–H groups in total. The molecule has 1 fully saturated rings. The van der Waals surface area contributed by atoms with Crippen molar-refractivity contribution in [2.45, 2.75) is 39.2 Å². The molecule has 0 saturated carbocycles. The fraction of sp³-hybridized carbons (Fsp3) is 0.259. The van der Waals surface area contributed by atoms with Crippen LogP contribution in [0.1, 0.15) is 34.9 Å². The van der Waals surface area contributed by atoms with Crippen LogP contribution < -0.4 is 4.90 Å². The van der Waals surface area contributed by atoms with Crippen LogP contribution in [0.5, 0.6) is 0 Å². The molecule has 1 aromatic heterocycles. The minimum absolute atomic E-state index is 0.0923. The Hall–Kier alpha value is -3.40. The fourth-order valence-electron chi connectivity index (χ4n) is 4.85. The number of imidazole rings is 1. The van der Waals surface area contributed by atoms with Crippen molar-refractivity contribution < 1.29 is 4.79 Å². The van der Waals surface area contributed by atoms with E-state index >= 15 is 0 Å². The highest BCUT2D eigenvalue weighted by atomic mass is 16.2. The van der Waals surface area contributed by atoms with E-state index in [9.17, 15) is 4.79 Å². The largest absolute Gasteiger partial charge is 0.327 e. The Labute approximate surface area is 183 Å². The summed E-state index contributed by atoms with van der Waals surface area (Å²) in [5, 5.41) is 0. The normalized spacial score (nSPS) is 16.4. The lowest BCUT2D eigenvalue weighted by Gasteiger charge is -2.21. The molecule has 4 aromatic rings.